The predicted molar refractivity (Wildman–Crippen MR) is 217 cm³/mol. The quantitative estimate of drug-likeness (QED) is 0.0850. The molecule has 1 fully saturated rings. The molecule has 14 nitrogen and oxygen atoms in total. The maximum Gasteiger partial charge on any atom is 0.328 e. The average Bonchev–Trinajstić information content (AvgIpc) is 3.66. The van der Waals surface area contributed by atoms with E-state index >= 15 is 0 Å². The maximum absolute atomic E-state index is 14.1. The van der Waals surface area contributed by atoms with E-state index in [1.54, 1.807) is 21.1 Å². The van der Waals surface area contributed by atoms with Crippen LogP contribution in [0.3, 0.4) is 0 Å². The second kappa shape index (κ2) is 24.9. The number of esters is 1. The van der Waals surface area contributed by atoms with Crippen LogP contribution in [0.1, 0.15) is 92.6 Å². The molecule has 0 aliphatic carbocycles. The Bertz CT molecular complexity index is 1370. The minimum atomic E-state index is -0.892. The Morgan fingerprint density at radius 2 is 1.64 bits per heavy atom. The number of carbonyl (C=O) groups is 5. The number of likely N-dealkylation sites (N-methyl/N-ethyl adjacent to an activating group) is 1. The van der Waals surface area contributed by atoms with Crippen LogP contribution in [-0.4, -0.2) is 129 Å². The van der Waals surface area contributed by atoms with Gasteiger partial charge in [-0.3, -0.25) is 24.1 Å². The molecule has 1 aromatic carbocycles. The third-order valence-electron chi connectivity index (χ3n) is 11.4. The highest BCUT2D eigenvalue weighted by molar-refractivity contribution is 5.89. The van der Waals surface area contributed by atoms with Gasteiger partial charge in [0.05, 0.1) is 37.2 Å². The topological polar surface area (TPSA) is 182 Å². The summed E-state index contributed by atoms with van der Waals surface area (Å²) in [5.74, 6) is -1.62. The Hall–Kier alpha value is -3.59. The van der Waals surface area contributed by atoms with Gasteiger partial charge in [-0.15, -0.1) is 0 Å². The molecule has 1 aliphatic rings. The third kappa shape index (κ3) is 14.7. The van der Waals surface area contributed by atoms with E-state index in [1.807, 2.05) is 35.2 Å². The van der Waals surface area contributed by atoms with Gasteiger partial charge in [-0.25, -0.2) is 4.79 Å². The fraction of sp³-hybridized carbons (Fsp3) is 0.738. The van der Waals surface area contributed by atoms with Crippen molar-refractivity contribution >= 4 is 29.6 Å². The molecule has 14 heteroatoms. The zero-order valence-electron chi connectivity index (χ0n) is 35.7. The van der Waals surface area contributed by atoms with E-state index in [1.165, 1.54) is 6.92 Å². The lowest BCUT2D eigenvalue weighted by molar-refractivity contribution is -0.147. The summed E-state index contributed by atoms with van der Waals surface area (Å²) in [6, 6.07) is 7.72. The Balaban J connectivity index is 2.12. The monoisotopic (exact) mass is 789 g/mol. The van der Waals surface area contributed by atoms with Crippen molar-refractivity contribution in [1.82, 2.24) is 25.8 Å². The molecule has 1 aromatic rings. The van der Waals surface area contributed by atoms with Crippen LogP contribution in [0, 0.1) is 17.8 Å². The molecule has 0 aromatic heterocycles. The maximum atomic E-state index is 14.1. The van der Waals surface area contributed by atoms with Crippen LogP contribution >= 0.6 is 0 Å². The lowest BCUT2D eigenvalue weighted by atomic mass is 9.88. The van der Waals surface area contributed by atoms with Crippen molar-refractivity contribution in [1.29, 1.82) is 0 Å². The van der Waals surface area contributed by atoms with E-state index in [0.717, 1.165) is 18.4 Å². The number of methoxy groups -OCH3 is 2. The zero-order valence-corrected chi connectivity index (χ0v) is 35.7. The number of nitrogens with one attached hydrogen (secondary N) is 3. The van der Waals surface area contributed by atoms with E-state index in [9.17, 15) is 24.0 Å². The highest BCUT2D eigenvalue weighted by atomic mass is 16.5. The van der Waals surface area contributed by atoms with E-state index in [2.05, 4.69) is 62.5 Å². The van der Waals surface area contributed by atoms with Crippen molar-refractivity contribution < 1.29 is 38.2 Å². The van der Waals surface area contributed by atoms with E-state index in [-0.39, 0.29) is 80.8 Å². The first-order chi connectivity index (χ1) is 26.6. The van der Waals surface area contributed by atoms with Gasteiger partial charge < -0.3 is 40.8 Å². The molecule has 1 saturated heterocycles. The molecule has 0 radical (unpaired) electrons. The molecule has 2 rings (SSSR count). The van der Waals surface area contributed by atoms with Gasteiger partial charge in [-0.05, 0) is 57.6 Å². The van der Waals surface area contributed by atoms with Gasteiger partial charge in [0.15, 0.2) is 0 Å². The summed E-state index contributed by atoms with van der Waals surface area (Å²) in [5.41, 5.74) is 6.25. The van der Waals surface area contributed by atoms with Gasteiger partial charge in [0.25, 0.3) is 0 Å². The van der Waals surface area contributed by atoms with Crippen LogP contribution in [0.25, 0.3) is 0 Å². The summed E-state index contributed by atoms with van der Waals surface area (Å²) in [5, 5.41) is 8.35. The molecule has 1 heterocycles. The molecular formula is C42H72N6O8. The lowest BCUT2D eigenvalue weighted by Crippen LogP contribution is -2.55. The van der Waals surface area contributed by atoms with Crippen molar-refractivity contribution in [2.45, 2.75) is 136 Å². The smallest absolute Gasteiger partial charge is 0.328 e. The number of nitrogens with two attached hydrogens (primary N) is 1. The summed E-state index contributed by atoms with van der Waals surface area (Å²) >= 11 is 0. The average molecular weight is 789 g/mol. The second-order valence-corrected chi connectivity index (χ2v) is 15.7. The molecule has 318 valence electrons. The standard InChI is InChI=1S/C42H72N6O8/c1-11-28(4)38(47(8)31(7)27(2)3)35(54-9)26-37(50)48-23-15-19-34(48)39(55-10)29(5)40(51)46-33(25-32-17-13-12-14-18-32)41(52)44-22-16-24-56-42(53)30(6)45-36(49)20-21-43/h12-14,17-18,27-31,33-35,38-39H,11,15-16,19-26,43H2,1-10H3,(H,44,52)(H,45,49)(H,46,51)/t28-,29+,30-,31?,33-,34-,35+,38-,39+/m0/s1. The predicted octanol–water partition coefficient (Wildman–Crippen LogP) is 3.06. The van der Waals surface area contributed by atoms with Crippen LogP contribution in [0.4, 0.5) is 0 Å². The first kappa shape index (κ1) is 48.6. The van der Waals surface area contributed by atoms with E-state index in [4.69, 9.17) is 19.9 Å². The number of amides is 4. The molecule has 56 heavy (non-hydrogen) atoms. The number of likely N-dealkylation sites (tertiary alicyclic amines) is 1. The first-order valence-electron chi connectivity index (χ1n) is 20.5. The molecule has 4 amide bonds. The summed E-state index contributed by atoms with van der Waals surface area (Å²) in [6.45, 7) is 15.3. The van der Waals surface area contributed by atoms with Gasteiger partial charge in [-0.1, -0.05) is 71.4 Å². The Labute approximate surface area is 335 Å². The van der Waals surface area contributed by atoms with Crippen molar-refractivity contribution in [3.63, 3.8) is 0 Å². The normalized spacial score (nSPS) is 18.7. The Morgan fingerprint density at radius 1 is 0.964 bits per heavy atom. The van der Waals surface area contributed by atoms with Crippen LogP contribution in [0.5, 0.6) is 0 Å². The summed E-state index contributed by atoms with van der Waals surface area (Å²) < 4.78 is 17.3. The van der Waals surface area contributed by atoms with Crippen LogP contribution < -0.4 is 21.7 Å². The molecular weight excluding hydrogens is 716 g/mol. The third-order valence-corrected chi connectivity index (χ3v) is 11.4. The Kier molecular flexibility index (Phi) is 21.6. The minimum absolute atomic E-state index is 0.0225. The number of nitrogens with zero attached hydrogens (tertiary/aromatic N) is 2. The van der Waals surface area contributed by atoms with E-state index in [0.29, 0.717) is 37.3 Å². The fourth-order valence-corrected chi connectivity index (χ4v) is 7.50. The molecule has 1 unspecified atom stereocenters. The first-order valence-corrected chi connectivity index (χ1v) is 20.5. The summed E-state index contributed by atoms with van der Waals surface area (Å²) in [6.07, 6.45) is 2.43. The second-order valence-electron chi connectivity index (χ2n) is 15.7. The number of benzene rings is 1. The molecule has 0 saturated carbocycles. The van der Waals surface area contributed by atoms with Crippen LogP contribution in [0.15, 0.2) is 30.3 Å². The highest BCUT2D eigenvalue weighted by Gasteiger charge is 2.42. The van der Waals surface area contributed by atoms with E-state index < -0.39 is 30.1 Å². The van der Waals surface area contributed by atoms with Gasteiger partial charge in [0.2, 0.25) is 23.6 Å². The zero-order chi connectivity index (χ0) is 41.9. The van der Waals surface area contributed by atoms with Crippen molar-refractivity contribution in [3.05, 3.63) is 35.9 Å². The van der Waals surface area contributed by atoms with Crippen molar-refractivity contribution in [3.8, 4) is 0 Å². The fourth-order valence-electron chi connectivity index (χ4n) is 7.50. The van der Waals surface area contributed by atoms with Gasteiger partial charge in [0, 0.05) is 58.8 Å². The Morgan fingerprint density at radius 3 is 2.23 bits per heavy atom. The van der Waals surface area contributed by atoms with Gasteiger partial charge in [0.1, 0.15) is 12.1 Å². The molecule has 9 atom stereocenters. The number of hydrogen-bond acceptors (Lipinski definition) is 10. The molecule has 5 N–H and O–H groups in total. The molecule has 0 spiro atoms. The summed E-state index contributed by atoms with van der Waals surface area (Å²) in [7, 11) is 5.36. The highest BCUT2D eigenvalue weighted by Crippen LogP contribution is 2.30. The summed E-state index contributed by atoms with van der Waals surface area (Å²) in [4.78, 5) is 69.8. The van der Waals surface area contributed by atoms with Crippen molar-refractivity contribution in [2.24, 2.45) is 23.5 Å². The van der Waals surface area contributed by atoms with Gasteiger partial charge >= 0.3 is 5.97 Å². The molecule has 0 bridgehead atoms. The number of hydrogen-bond donors (Lipinski definition) is 4. The van der Waals surface area contributed by atoms with Crippen LogP contribution in [-0.2, 0) is 44.6 Å². The number of ether oxygens (including phenoxy) is 3. The minimum Gasteiger partial charge on any atom is -0.464 e. The molecule has 1 aliphatic heterocycles. The SMILES string of the molecule is CC[C@H](C)[C@@H]([C@@H](CC(=O)N1CCC[C@H]1[C@H](OC)[C@@H](C)C(=O)N[C@@H](Cc1ccccc1)C(=O)NCCCOC(=O)[C@H](C)NC(=O)CCN)OC)N(C)C(C)C(C)C. The number of carbonyl (C=O) groups excluding carboxylic acids is 5. The van der Waals surface area contributed by atoms with Crippen molar-refractivity contribution in [2.75, 3.05) is 47.5 Å². The van der Waals surface area contributed by atoms with Crippen LogP contribution in [0.2, 0.25) is 0 Å². The number of rotatable bonds is 25. The lowest BCUT2D eigenvalue weighted by Gasteiger charge is -2.42. The largest absolute Gasteiger partial charge is 0.464 e. The van der Waals surface area contributed by atoms with Gasteiger partial charge in [-0.2, -0.15) is 0 Å².